The summed E-state index contributed by atoms with van der Waals surface area (Å²) in [5.41, 5.74) is 3.26. The topological polar surface area (TPSA) is 97.7 Å². The maximum absolute atomic E-state index is 12.7. The summed E-state index contributed by atoms with van der Waals surface area (Å²) >= 11 is 5.80. The number of para-hydroxylation sites is 2. The lowest BCUT2D eigenvalue weighted by molar-refractivity contribution is -0.556. The molecule has 116 valence electrons. The second kappa shape index (κ2) is 5.45. The minimum Gasteiger partial charge on any atom is -0.870 e. The summed E-state index contributed by atoms with van der Waals surface area (Å²) in [4.78, 5) is 21.2. The highest BCUT2D eigenvalue weighted by atomic mass is 35.5. The Kier molecular flexibility index (Phi) is 3.59. The van der Waals surface area contributed by atoms with Gasteiger partial charge in [-0.25, -0.2) is 14.8 Å². The molecule has 0 aliphatic heterocycles. The van der Waals surface area contributed by atoms with Crippen molar-refractivity contribution >= 4 is 28.2 Å². The highest BCUT2D eigenvalue weighted by Crippen LogP contribution is 2.11. The molecule has 0 fully saturated rings. The molecule has 0 amide bonds. The van der Waals surface area contributed by atoms with E-state index in [1.165, 1.54) is 4.68 Å². The Hall–Kier alpha value is -2.77. The summed E-state index contributed by atoms with van der Waals surface area (Å²) in [7, 11) is 0. The molecule has 0 aliphatic rings. The third kappa shape index (κ3) is 2.26. The normalized spacial score (nSPS) is 10.9. The van der Waals surface area contributed by atoms with Crippen molar-refractivity contribution in [2.24, 2.45) is 0 Å². The van der Waals surface area contributed by atoms with E-state index in [-0.39, 0.29) is 11.0 Å². The minimum atomic E-state index is -0.181. The Morgan fingerprint density at radius 2 is 2.00 bits per heavy atom. The summed E-state index contributed by atoms with van der Waals surface area (Å²) in [5, 5.41) is 3.46. The first-order valence-corrected chi connectivity index (χ1v) is 7.07. The van der Waals surface area contributed by atoms with E-state index in [0.29, 0.717) is 22.1 Å². The molecule has 0 spiro atoms. The van der Waals surface area contributed by atoms with Crippen LogP contribution in [0.25, 0.3) is 22.2 Å². The molecule has 1 aromatic carbocycles. The van der Waals surface area contributed by atoms with Gasteiger partial charge < -0.3 is 5.48 Å². The Morgan fingerprint density at radius 3 is 2.74 bits per heavy atom. The lowest BCUT2D eigenvalue weighted by Crippen LogP contribution is -2.27. The van der Waals surface area contributed by atoms with Crippen molar-refractivity contribution in [1.29, 1.82) is 0 Å². The summed E-state index contributed by atoms with van der Waals surface area (Å²) < 4.78 is 3.17. The third-order valence-corrected chi connectivity index (χ3v) is 3.78. The van der Waals surface area contributed by atoms with Gasteiger partial charge in [0.05, 0.1) is 11.9 Å². The number of nitrogens with zero attached hydrogens (tertiary/aromatic N) is 4. The average molecular weight is 330 g/mol. The van der Waals surface area contributed by atoms with Crippen LogP contribution >= 0.6 is 11.6 Å². The highest BCUT2D eigenvalue weighted by Gasteiger charge is 2.22. The summed E-state index contributed by atoms with van der Waals surface area (Å²) in [6, 6.07) is 11.0. The van der Waals surface area contributed by atoms with E-state index in [2.05, 4.69) is 15.2 Å². The number of rotatable bonds is 1. The van der Waals surface area contributed by atoms with Crippen molar-refractivity contribution in [3.8, 4) is 5.69 Å². The Balaban J connectivity index is 0.00000156. The quantitative estimate of drug-likeness (QED) is 0.424. The van der Waals surface area contributed by atoms with Gasteiger partial charge in [0.1, 0.15) is 10.7 Å². The minimum absolute atomic E-state index is 0. The number of pyridine rings is 1. The monoisotopic (exact) mass is 329 g/mol. The number of benzene rings is 1. The van der Waals surface area contributed by atoms with Crippen molar-refractivity contribution in [3.05, 3.63) is 63.8 Å². The fourth-order valence-corrected chi connectivity index (χ4v) is 2.66. The second-order valence-electron chi connectivity index (χ2n) is 4.95. The number of halogens is 1. The number of aryl methyl sites for hydroxylation is 1. The molecule has 2 N–H and O–H groups in total. The molecule has 3 heterocycles. The first-order valence-electron chi connectivity index (χ1n) is 6.69. The van der Waals surface area contributed by atoms with Crippen LogP contribution in [0.2, 0.25) is 5.15 Å². The number of aromatic nitrogens is 5. The van der Waals surface area contributed by atoms with Crippen LogP contribution in [0, 0.1) is 6.92 Å². The number of hydrogen-bond acceptors (Lipinski definition) is 4. The molecule has 0 bridgehead atoms. The molecular weight excluding hydrogens is 318 g/mol. The first-order chi connectivity index (χ1) is 10.6. The lowest BCUT2D eigenvalue weighted by atomic mass is 10.3. The number of aromatic amines is 1. The standard InChI is InChI=1S/C15H10ClN5O.H2O/c1-9-14-15(22)20(10-6-7-13(16)17-8-10)19-21(14)12-5-3-2-4-11(12)18-9;/h2-8H,1H3;1H2. The van der Waals surface area contributed by atoms with Crippen molar-refractivity contribution in [1.82, 2.24) is 19.9 Å². The van der Waals surface area contributed by atoms with Gasteiger partial charge in [0.15, 0.2) is 11.2 Å². The zero-order valence-electron chi connectivity index (χ0n) is 12.1. The van der Waals surface area contributed by atoms with Crippen molar-refractivity contribution in [2.45, 2.75) is 6.92 Å². The summed E-state index contributed by atoms with van der Waals surface area (Å²) in [6.45, 7) is 1.82. The van der Waals surface area contributed by atoms with Gasteiger partial charge >= 0.3 is 5.56 Å². The lowest BCUT2D eigenvalue weighted by Gasteiger charge is -1.96. The second-order valence-corrected chi connectivity index (χ2v) is 5.34. The van der Waals surface area contributed by atoms with E-state index in [9.17, 15) is 4.79 Å². The number of hydrogen-bond donors (Lipinski definition) is 1. The summed E-state index contributed by atoms with van der Waals surface area (Å²) in [6.07, 6.45) is 1.55. The molecule has 3 aromatic heterocycles. The van der Waals surface area contributed by atoms with Crippen molar-refractivity contribution < 1.29 is 9.99 Å². The van der Waals surface area contributed by atoms with Crippen molar-refractivity contribution in [3.63, 3.8) is 0 Å². The van der Waals surface area contributed by atoms with Crippen LogP contribution < -0.4 is 10.1 Å². The van der Waals surface area contributed by atoms with Crippen LogP contribution in [-0.4, -0.2) is 25.3 Å². The number of H-pyrrole nitrogens is 1. The molecule has 7 nitrogen and oxygen atoms in total. The van der Waals surface area contributed by atoms with Gasteiger partial charge in [0, 0.05) is 0 Å². The molecule has 23 heavy (non-hydrogen) atoms. The van der Waals surface area contributed by atoms with Crippen LogP contribution in [0.1, 0.15) is 5.69 Å². The van der Waals surface area contributed by atoms with Gasteiger partial charge in [-0.3, -0.25) is 0 Å². The molecule has 0 saturated carbocycles. The van der Waals surface area contributed by atoms with Gasteiger partial charge in [-0.1, -0.05) is 33.6 Å². The van der Waals surface area contributed by atoms with Crippen molar-refractivity contribution in [2.75, 3.05) is 0 Å². The number of nitrogens with one attached hydrogen (secondary N) is 1. The molecule has 0 saturated heterocycles. The third-order valence-electron chi connectivity index (χ3n) is 3.55. The molecule has 0 unspecified atom stereocenters. The van der Waals surface area contributed by atoms with E-state index in [1.54, 1.807) is 22.8 Å². The van der Waals surface area contributed by atoms with Gasteiger partial charge in [-0.2, -0.15) is 0 Å². The molecule has 8 heteroatoms. The smallest absolute Gasteiger partial charge is 0.408 e. The van der Waals surface area contributed by atoms with Gasteiger partial charge in [-0.15, -0.1) is 4.52 Å². The molecule has 0 aliphatic carbocycles. The van der Waals surface area contributed by atoms with E-state index < -0.39 is 0 Å². The number of fused-ring (bicyclic) bond motifs is 3. The fraction of sp³-hybridized carbons (Fsp3) is 0.0667. The van der Waals surface area contributed by atoms with Gasteiger partial charge in [0.25, 0.3) is 5.52 Å². The zero-order valence-corrected chi connectivity index (χ0v) is 12.8. The average Bonchev–Trinajstić information content (AvgIpc) is 2.87. The van der Waals surface area contributed by atoms with E-state index >= 15 is 0 Å². The van der Waals surface area contributed by atoms with Crippen LogP contribution in [0.5, 0.6) is 0 Å². The predicted octanol–water partition coefficient (Wildman–Crippen LogP) is 1.63. The van der Waals surface area contributed by atoms with Gasteiger partial charge in [-0.05, 0) is 31.2 Å². The Bertz CT molecular complexity index is 1070. The van der Waals surface area contributed by atoms with Crippen LogP contribution in [0.3, 0.4) is 0 Å². The van der Waals surface area contributed by atoms with E-state index in [1.807, 2.05) is 31.2 Å². The van der Waals surface area contributed by atoms with Crippen LogP contribution in [0.15, 0.2) is 47.4 Å². The Labute approximate surface area is 135 Å². The maximum atomic E-state index is 12.7. The first kappa shape index (κ1) is 15.1. The maximum Gasteiger partial charge on any atom is 0.408 e. The molecular formula is C15H12ClN5O2. The fourth-order valence-electron chi connectivity index (χ4n) is 2.54. The molecule has 0 atom stereocenters. The SMILES string of the molecule is Cc1nc2ccccc2[n+]2[nH]n(-c3ccc(Cl)nc3)c(=O)c12.[OH-]. The predicted molar refractivity (Wildman–Crippen MR) is 84.3 cm³/mol. The molecule has 4 aromatic rings. The summed E-state index contributed by atoms with van der Waals surface area (Å²) in [5.74, 6) is 0. The largest absolute Gasteiger partial charge is 0.870 e. The van der Waals surface area contributed by atoms with E-state index in [4.69, 9.17) is 11.6 Å². The zero-order chi connectivity index (χ0) is 15.3. The molecule has 0 radical (unpaired) electrons. The van der Waals surface area contributed by atoms with Crippen LogP contribution in [0.4, 0.5) is 0 Å². The van der Waals surface area contributed by atoms with E-state index in [0.717, 1.165) is 11.0 Å². The van der Waals surface area contributed by atoms with Crippen LogP contribution in [-0.2, 0) is 0 Å². The molecule has 4 rings (SSSR count). The highest BCUT2D eigenvalue weighted by molar-refractivity contribution is 6.29. The van der Waals surface area contributed by atoms with Gasteiger partial charge in [0.2, 0.25) is 0 Å². The Morgan fingerprint density at radius 1 is 1.22 bits per heavy atom.